The molecule has 0 aliphatic rings. The van der Waals surface area contributed by atoms with Crippen LogP contribution in [0.25, 0.3) is 10.8 Å². The average Bonchev–Trinajstić information content (AvgIpc) is 2.83. The Kier molecular flexibility index (Phi) is 8.25. The van der Waals surface area contributed by atoms with Crippen LogP contribution in [0.5, 0.6) is 5.75 Å². The van der Waals surface area contributed by atoms with Gasteiger partial charge in [-0.15, -0.1) is 11.8 Å². The van der Waals surface area contributed by atoms with Gasteiger partial charge in [0.1, 0.15) is 12.4 Å². The van der Waals surface area contributed by atoms with Crippen molar-refractivity contribution in [1.82, 2.24) is 5.43 Å². The molecule has 0 atom stereocenters. The van der Waals surface area contributed by atoms with Crippen molar-refractivity contribution in [3.63, 3.8) is 0 Å². The largest absolute Gasteiger partial charge is 0.488 e. The van der Waals surface area contributed by atoms with Crippen molar-refractivity contribution < 1.29 is 9.53 Å². The number of halogens is 2. The molecular weight excluding hydrogens is 567 g/mol. The fourth-order valence-electron chi connectivity index (χ4n) is 3.18. The Balaban J connectivity index is 1.30. The van der Waals surface area contributed by atoms with Crippen LogP contribution in [0.2, 0.25) is 5.02 Å². The lowest BCUT2D eigenvalue weighted by molar-refractivity contribution is -0.118. The van der Waals surface area contributed by atoms with Crippen LogP contribution in [-0.2, 0) is 11.4 Å². The lowest BCUT2D eigenvalue weighted by Gasteiger charge is -2.11. The number of hydrogen-bond acceptors (Lipinski definition) is 4. The standard InChI is InChI=1S/C26H20ClIN2O2S/c27-21-9-11-22(12-10-21)33-17-26(31)30-29-15-18-8-13-25(24(28)14-18)32-16-20-6-3-5-19-4-1-2-7-23(19)20/h1-15H,16-17H2,(H,30,31)/b29-15-. The van der Waals surface area contributed by atoms with Crippen LogP contribution < -0.4 is 10.2 Å². The first-order chi connectivity index (χ1) is 16.1. The van der Waals surface area contributed by atoms with Crippen molar-refractivity contribution in [1.29, 1.82) is 0 Å². The Morgan fingerprint density at radius 2 is 1.82 bits per heavy atom. The highest BCUT2D eigenvalue weighted by molar-refractivity contribution is 14.1. The maximum atomic E-state index is 12.0. The summed E-state index contributed by atoms with van der Waals surface area (Å²) in [5.41, 5.74) is 4.58. The quantitative estimate of drug-likeness (QED) is 0.106. The summed E-state index contributed by atoms with van der Waals surface area (Å²) >= 11 is 9.55. The molecule has 0 saturated carbocycles. The first-order valence-corrected chi connectivity index (χ1v) is 12.6. The molecule has 0 radical (unpaired) electrons. The van der Waals surface area contributed by atoms with E-state index in [2.05, 4.69) is 57.4 Å². The molecule has 0 fully saturated rings. The third-order valence-corrected chi connectivity index (χ3v) is 6.91. The van der Waals surface area contributed by atoms with E-state index in [-0.39, 0.29) is 11.7 Å². The van der Waals surface area contributed by atoms with E-state index in [0.717, 1.165) is 25.3 Å². The van der Waals surface area contributed by atoms with E-state index in [1.54, 1.807) is 18.3 Å². The minimum Gasteiger partial charge on any atom is -0.488 e. The molecule has 0 bridgehead atoms. The molecule has 0 aromatic heterocycles. The van der Waals surface area contributed by atoms with Gasteiger partial charge in [0.05, 0.1) is 15.5 Å². The Morgan fingerprint density at radius 3 is 2.64 bits per heavy atom. The van der Waals surface area contributed by atoms with Gasteiger partial charge in [-0.05, 0) is 87.0 Å². The van der Waals surface area contributed by atoms with Crippen molar-refractivity contribution in [2.75, 3.05) is 5.75 Å². The first-order valence-electron chi connectivity index (χ1n) is 10.2. The van der Waals surface area contributed by atoms with Gasteiger partial charge in [0.15, 0.2) is 0 Å². The molecule has 1 N–H and O–H groups in total. The molecule has 0 heterocycles. The lowest BCUT2D eigenvalue weighted by atomic mass is 10.1. The molecule has 4 nitrogen and oxygen atoms in total. The van der Waals surface area contributed by atoms with Gasteiger partial charge in [-0.25, -0.2) is 5.43 Å². The number of carbonyl (C=O) groups is 1. The first kappa shape index (κ1) is 23.6. The second kappa shape index (κ2) is 11.5. The zero-order valence-electron chi connectivity index (χ0n) is 17.5. The SMILES string of the molecule is O=C(CSc1ccc(Cl)cc1)N/N=C\c1ccc(OCc2cccc3ccccc23)c(I)c1. The number of carbonyl (C=O) groups excluding carboxylic acids is 1. The summed E-state index contributed by atoms with van der Waals surface area (Å²) in [5.74, 6) is 0.914. The monoisotopic (exact) mass is 586 g/mol. The van der Waals surface area contributed by atoms with Gasteiger partial charge in [0.25, 0.3) is 0 Å². The van der Waals surface area contributed by atoms with E-state index in [0.29, 0.717) is 11.6 Å². The summed E-state index contributed by atoms with van der Waals surface area (Å²) in [4.78, 5) is 13.0. The van der Waals surface area contributed by atoms with Crippen molar-refractivity contribution in [3.05, 3.63) is 105 Å². The predicted molar refractivity (Wildman–Crippen MR) is 145 cm³/mol. The highest BCUT2D eigenvalue weighted by Gasteiger charge is 2.06. The van der Waals surface area contributed by atoms with E-state index in [1.807, 2.05) is 48.5 Å². The molecule has 0 unspecified atom stereocenters. The molecule has 0 spiro atoms. The van der Waals surface area contributed by atoms with Crippen LogP contribution in [0.3, 0.4) is 0 Å². The molecule has 166 valence electrons. The molecule has 33 heavy (non-hydrogen) atoms. The van der Waals surface area contributed by atoms with Crippen molar-refractivity contribution >= 4 is 68.8 Å². The van der Waals surface area contributed by atoms with Crippen molar-refractivity contribution in [3.8, 4) is 5.75 Å². The van der Waals surface area contributed by atoms with E-state index >= 15 is 0 Å². The number of hydrazone groups is 1. The summed E-state index contributed by atoms with van der Waals surface area (Å²) in [5, 5.41) is 7.14. The van der Waals surface area contributed by atoms with Crippen molar-refractivity contribution in [2.45, 2.75) is 11.5 Å². The third kappa shape index (κ3) is 6.72. The Labute approximate surface area is 215 Å². The summed E-state index contributed by atoms with van der Waals surface area (Å²) in [6, 6.07) is 27.7. The van der Waals surface area contributed by atoms with Gasteiger partial charge in [0.2, 0.25) is 5.91 Å². The van der Waals surface area contributed by atoms with Gasteiger partial charge in [-0.2, -0.15) is 5.10 Å². The highest BCUT2D eigenvalue weighted by Crippen LogP contribution is 2.25. The van der Waals surface area contributed by atoms with E-state index in [4.69, 9.17) is 16.3 Å². The smallest absolute Gasteiger partial charge is 0.250 e. The summed E-state index contributed by atoms with van der Waals surface area (Å²) in [6.45, 7) is 0.492. The number of nitrogens with zero attached hydrogens (tertiary/aromatic N) is 1. The van der Waals surface area contributed by atoms with E-state index < -0.39 is 0 Å². The van der Waals surface area contributed by atoms with Crippen LogP contribution >= 0.6 is 46.0 Å². The summed E-state index contributed by atoms with van der Waals surface area (Å²) in [7, 11) is 0. The number of benzene rings is 4. The van der Waals surface area contributed by atoms with Gasteiger partial charge < -0.3 is 4.74 Å². The number of fused-ring (bicyclic) bond motifs is 1. The van der Waals surface area contributed by atoms with E-state index in [9.17, 15) is 4.79 Å². The zero-order valence-corrected chi connectivity index (χ0v) is 21.2. The zero-order chi connectivity index (χ0) is 23.0. The Bertz CT molecular complexity index is 1290. The van der Waals surface area contributed by atoms with Gasteiger partial charge in [-0.1, -0.05) is 54.1 Å². The fraction of sp³-hybridized carbons (Fsp3) is 0.0769. The Morgan fingerprint density at radius 1 is 1.03 bits per heavy atom. The number of nitrogens with one attached hydrogen (secondary N) is 1. The minimum absolute atomic E-state index is 0.170. The lowest BCUT2D eigenvalue weighted by Crippen LogP contribution is -2.19. The molecule has 0 aliphatic carbocycles. The van der Waals surface area contributed by atoms with E-state index in [1.165, 1.54) is 22.5 Å². The second-order valence-electron chi connectivity index (χ2n) is 7.15. The summed E-state index contributed by atoms with van der Waals surface area (Å²) < 4.78 is 7.05. The van der Waals surface area contributed by atoms with Crippen LogP contribution in [0, 0.1) is 3.57 Å². The maximum absolute atomic E-state index is 12.0. The van der Waals surface area contributed by atoms with Gasteiger partial charge in [0, 0.05) is 9.92 Å². The van der Waals surface area contributed by atoms with Crippen LogP contribution in [0.15, 0.2) is 94.9 Å². The third-order valence-electron chi connectivity index (χ3n) is 4.81. The molecule has 7 heteroatoms. The maximum Gasteiger partial charge on any atom is 0.250 e. The number of thioether (sulfide) groups is 1. The van der Waals surface area contributed by atoms with Crippen molar-refractivity contribution in [2.24, 2.45) is 5.10 Å². The van der Waals surface area contributed by atoms with Crippen LogP contribution in [0.4, 0.5) is 0 Å². The molecule has 0 aliphatic heterocycles. The number of ether oxygens (including phenoxy) is 1. The van der Waals surface area contributed by atoms with Crippen LogP contribution in [-0.4, -0.2) is 17.9 Å². The van der Waals surface area contributed by atoms with Gasteiger partial charge in [-0.3, -0.25) is 4.79 Å². The van der Waals surface area contributed by atoms with Crippen LogP contribution in [0.1, 0.15) is 11.1 Å². The average molecular weight is 587 g/mol. The molecule has 4 aromatic rings. The van der Waals surface area contributed by atoms with Gasteiger partial charge >= 0.3 is 0 Å². The summed E-state index contributed by atoms with van der Waals surface area (Å²) in [6.07, 6.45) is 1.63. The number of rotatable bonds is 8. The number of hydrogen-bond donors (Lipinski definition) is 1. The molecule has 4 rings (SSSR count). The topological polar surface area (TPSA) is 50.7 Å². The Hall–Kier alpha value is -2.55. The molecule has 1 amide bonds. The molecule has 0 saturated heterocycles. The normalized spacial score (nSPS) is 11.1. The fourth-order valence-corrected chi connectivity index (χ4v) is 4.69. The molecular formula is C26H20ClIN2O2S. The number of amides is 1. The highest BCUT2D eigenvalue weighted by atomic mass is 127. The predicted octanol–water partition coefficient (Wildman–Crippen LogP) is 6.92. The second-order valence-corrected chi connectivity index (χ2v) is 9.80. The molecule has 4 aromatic carbocycles. The minimum atomic E-state index is -0.170.